The molecule has 4 aromatic rings. The molecule has 0 unspecified atom stereocenters. The summed E-state index contributed by atoms with van der Waals surface area (Å²) < 4.78 is 26.9. The van der Waals surface area contributed by atoms with Crippen molar-refractivity contribution >= 4 is 9.84 Å². The molecule has 0 atom stereocenters. The number of rotatable bonds is 0. The van der Waals surface area contributed by atoms with E-state index in [2.05, 4.69) is 24.3 Å². The average Bonchev–Trinajstić information content (AvgIpc) is 3.04. The van der Waals surface area contributed by atoms with Gasteiger partial charge in [0.1, 0.15) is 0 Å². The molecule has 1 heterocycles. The first kappa shape index (κ1) is 15.8. The lowest BCUT2D eigenvalue weighted by molar-refractivity contribution is 0.580. The lowest BCUT2D eigenvalue weighted by atomic mass is 9.67. The van der Waals surface area contributed by atoms with Crippen molar-refractivity contribution in [2.24, 2.45) is 0 Å². The zero-order valence-corrected chi connectivity index (χ0v) is 15.8. The van der Waals surface area contributed by atoms with Crippen molar-refractivity contribution in [2.45, 2.75) is 15.2 Å². The highest BCUT2D eigenvalue weighted by Gasteiger charge is 2.52. The molecule has 4 aromatic carbocycles. The first-order valence-corrected chi connectivity index (χ1v) is 10.8. The Balaban J connectivity index is 1.92. The fourth-order valence-corrected chi connectivity index (χ4v) is 6.87. The molecule has 0 bridgehead atoms. The maximum atomic E-state index is 13.5. The Morgan fingerprint density at radius 1 is 0.464 bits per heavy atom. The molecule has 0 saturated carbocycles. The highest BCUT2D eigenvalue weighted by atomic mass is 32.2. The minimum Gasteiger partial charge on any atom is -0.218 e. The lowest BCUT2D eigenvalue weighted by Crippen LogP contribution is -2.35. The summed E-state index contributed by atoms with van der Waals surface area (Å²) in [6.07, 6.45) is 0. The smallest absolute Gasteiger partial charge is 0.207 e. The maximum Gasteiger partial charge on any atom is 0.207 e. The van der Waals surface area contributed by atoms with E-state index in [1.54, 1.807) is 12.1 Å². The fraction of sp³-hybridized carbons (Fsp3) is 0.0400. The fourth-order valence-electron chi connectivity index (χ4n) is 5.10. The zero-order chi connectivity index (χ0) is 18.9. The highest BCUT2D eigenvalue weighted by molar-refractivity contribution is 7.91. The summed E-state index contributed by atoms with van der Waals surface area (Å²) in [4.78, 5) is 0.806. The number of hydrogen-bond acceptors (Lipinski definition) is 2. The van der Waals surface area contributed by atoms with Gasteiger partial charge in [0.2, 0.25) is 9.84 Å². The minimum absolute atomic E-state index is 0.403. The number of sulfone groups is 1. The molecule has 0 amide bonds. The maximum absolute atomic E-state index is 13.5. The normalized spacial score (nSPS) is 16.7. The lowest BCUT2D eigenvalue weighted by Gasteiger charge is -2.39. The average molecular weight is 380 g/mol. The van der Waals surface area contributed by atoms with Gasteiger partial charge >= 0.3 is 0 Å². The molecule has 1 spiro atoms. The molecule has 1 aliphatic heterocycles. The Labute approximate surface area is 164 Å². The Morgan fingerprint density at radius 2 is 0.821 bits per heavy atom. The van der Waals surface area contributed by atoms with Gasteiger partial charge in [0.25, 0.3) is 0 Å². The van der Waals surface area contributed by atoms with Crippen LogP contribution in [0.5, 0.6) is 0 Å². The van der Waals surface area contributed by atoms with Gasteiger partial charge in [-0.15, -0.1) is 0 Å². The molecule has 0 N–H and O–H groups in total. The molecule has 0 radical (unpaired) electrons. The molecule has 28 heavy (non-hydrogen) atoms. The van der Waals surface area contributed by atoms with Crippen LogP contribution in [-0.4, -0.2) is 8.42 Å². The first-order valence-electron chi connectivity index (χ1n) is 9.30. The van der Waals surface area contributed by atoms with Gasteiger partial charge in [-0.1, -0.05) is 84.9 Å². The van der Waals surface area contributed by atoms with Crippen molar-refractivity contribution in [3.63, 3.8) is 0 Å². The third-order valence-electron chi connectivity index (χ3n) is 6.11. The summed E-state index contributed by atoms with van der Waals surface area (Å²) in [6.45, 7) is 0. The third kappa shape index (κ3) is 1.67. The van der Waals surface area contributed by atoms with Crippen LogP contribution in [-0.2, 0) is 15.3 Å². The Morgan fingerprint density at radius 3 is 1.29 bits per heavy atom. The van der Waals surface area contributed by atoms with Crippen LogP contribution < -0.4 is 0 Å². The largest absolute Gasteiger partial charge is 0.218 e. The van der Waals surface area contributed by atoms with Gasteiger partial charge < -0.3 is 0 Å². The quantitative estimate of drug-likeness (QED) is 0.363. The monoisotopic (exact) mass is 380 g/mol. The van der Waals surface area contributed by atoms with Crippen molar-refractivity contribution in [2.75, 3.05) is 0 Å². The van der Waals surface area contributed by atoms with Gasteiger partial charge in [-0.05, 0) is 45.5 Å². The van der Waals surface area contributed by atoms with Crippen LogP contribution in [0.25, 0.3) is 11.1 Å². The van der Waals surface area contributed by atoms with E-state index in [1.165, 1.54) is 11.1 Å². The van der Waals surface area contributed by atoms with Crippen LogP contribution >= 0.6 is 0 Å². The van der Waals surface area contributed by atoms with Crippen LogP contribution in [0, 0.1) is 0 Å². The predicted octanol–water partition coefficient (Wildman–Crippen LogP) is 5.20. The van der Waals surface area contributed by atoms with Crippen LogP contribution in [0.2, 0.25) is 0 Å². The molecule has 6 rings (SSSR count). The van der Waals surface area contributed by atoms with E-state index in [0.29, 0.717) is 9.79 Å². The summed E-state index contributed by atoms with van der Waals surface area (Å²) in [7, 11) is -3.57. The summed E-state index contributed by atoms with van der Waals surface area (Å²) >= 11 is 0. The summed E-state index contributed by atoms with van der Waals surface area (Å²) in [5.74, 6) is 0. The van der Waals surface area contributed by atoms with E-state index < -0.39 is 15.3 Å². The number of hydrogen-bond donors (Lipinski definition) is 0. The van der Waals surface area contributed by atoms with E-state index in [-0.39, 0.29) is 0 Å². The van der Waals surface area contributed by atoms with E-state index in [9.17, 15) is 8.42 Å². The summed E-state index contributed by atoms with van der Waals surface area (Å²) in [5.41, 5.74) is 5.68. The summed E-state index contributed by atoms with van der Waals surface area (Å²) in [5, 5.41) is 0. The summed E-state index contributed by atoms with van der Waals surface area (Å²) in [6, 6.07) is 31.7. The van der Waals surface area contributed by atoms with Crippen molar-refractivity contribution < 1.29 is 8.42 Å². The van der Waals surface area contributed by atoms with Gasteiger partial charge in [0.05, 0.1) is 15.2 Å². The van der Waals surface area contributed by atoms with E-state index in [4.69, 9.17) is 0 Å². The standard InChI is InChI=1S/C25H16O2S/c26-28(27)23-15-7-5-13-21(23)25(22-14-6-8-16-24(22)28)19-11-3-1-9-17(19)18-10-2-4-12-20(18)25/h1-16H. The van der Waals surface area contributed by atoms with Gasteiger partial charge in [-0.25, -0.2) is 8.42 Å². The van der Waals surface area contributed by atoms with Crippen LogP contribution in [0.1, 0.15) is 22.3 Å². The molecule has 0 fully saturated rings. The molecular weight excluding hydrogens is 364 g/mol. The van der Waals surface area contributed by atoms with E-state index >= 15 is 0 Å². The van der Waals surface area contributed by atoms with Crippen LogP contribution in [0.4, 0.5) is 0 Å². The van der Waals surface area contributed by atoms with E-state index in [1.807, 2.05) is 60.7 Å². The molecule has 2 nitrogen and oxygen atoms in total. The Bertz CT molecular complexity index is 1280. The van der Waals surface area contributed by atoms with Gasteiger partial charge in [-0.2, -0.15) is 0 Å². The first-order chi connectivity index (χ1) is 13.7. The molecule has 0 aromatic heterocycles. The second-order valence-corrected chi connectivity index (χ2v) is 9.22. The van der Waals surface area contributed by atoms with Crippen molar-refractivity contribution in [1.82, 2.24) is 0 Å². The Hall–Kier alpha value is -3.17. The highest BCUT2D eigenvalue weighted by Crippen LogP contribution is 2.60. The van der Waals surface area contributed by atoms with Crippen molar-refractivity contribution in [3.8, 4) is 11.1 Å². The zero-order valence-electron chi connectivity index (χ0n) is 15.0. The third-order valence-corrected chi connectivity index (χ3v) is 7.98. The molecule has 3 heteroatoms. The molecule has 1 aliphatic carbocycles. The molecular formula is C25H16O2S. The molecule has 2 aliphatic rings. The SMILES string of the molecule is O=S1(=O)c2ccccc2C2(c3ccccc3-c3ccccc32)c2ccccc21. The van der Waals surface area contributed by atoms with Crippen molar-refractivity contribution in [3.05, 3.63) is 119 Å². The van der Waals surface area contributed by atoms with Gasteiger partial charge in [-0.3, -0.25) is 0 Å². The molecule has 134 valence electrons. The van der Waals surface area contributed by atoms with Crippen LogP contribution in [0.15, 0.2) is 107 Å². The molecule has 0 saturated heterocycles. The van der Waals surface area contributed by atoms with E-state index in [0.717, 1.165) is 22.3 Å². The van der Waals surface area contributed by atoms with Gasteiger partial charge in [0, 0.05) is 0 Å². The minimum atomic E-state index is -3.57. The predicted molar refractivity (Wildman–Crippen MR) is 109 cm³/mol. The number of fused-ring (bicyclic) bond motifs is 9. The Kier molecular flexibility index (Phi) is 2.95. The topological polar surface area (TPSA) is 34.1 Å². The second-order valence-electron chi connectivity index (χ2n) is 7.34. The van der Waals surface area contributed by atoms with Crippen molar-refractivity contribution in [1.29, 1.82) is 0 Å². The number of benzene rings is 4. The van der Waals surface area contributed by atoms with Crippen LogP contribution in [0.3, 0.4) is 0 Å². The van der Waals surface area contributed by atoms with Gasteiger partial charge in [0.15, 0.2) is 0 Å². The second kappa shape index (κ2) is 5.21.